The Hall–Kier alpha value is -0.160. The molecule has 1 atom stereocenters. The third-order valence-corrected chi connectivity index (χ3v) is 3.40. The summed E-state index contributed by atoms with van der Waals surface area (Å²) in [6.07, 6.45) is 3.67. The predicted octanol–water partition coefficient (Wildman–Crippen LogP) is 3.11. The molecule has 0 rings (SSSR count). The SMILES string of the molecule is CCC(C)CCCOCCOCCOCCNCC(C)C. The minimum Gasteiger partial charge on any atom is -0.379 e. The van der Waals surface area contributed by atoms with Crippen molar-refractivity contribution in [3.05, 3.63) is 0 Å². The molecule has 128 valence electrons. The summed E-state index contributed by atoms with van der Waals surface area (Å²) in [5.41, 5.74) is 0. The maximum atomic E-state index is 5.53. The van der Waals surface area contributed by atoms with Crippen molar-refractivity contribution in [3.8, 4) is 0 Å². The van der Waals surface area contributed by atoms with Crippen LogP contribution in [0.3, 0.4) is 0 Å². The third kappa shape index (κ3) is 17.8. The maximum absolute atomic E-state index is 5.53. The van der Waals surface area contributed by atoms with Gasteiger partial charge in [0.2, 0.25) is 0 Å². The second kappa shape index (κ2) is 16.2. The molecule has 4 heteroatoms. The first-order chi connectivity index (χ1) is 10.2. The molecule has 0 bridgehead atoms. The van der Waals surface area contributed by atoms with Crippen molar-refractivity contribution in [1.82, 2.24) is 5.32 Å². The van der Waals surface area contributed by atoms with Crippen molar-refractivity contribution < 1.29 is 14.2 Å². The molecular formula is C17H37NO3. The molecule has 0 amide bonds. The van der Waals surface area contributed by atoms with Crippen LogP contribution < -0.4 is 5.32 Å². The van der Waals surface area contributed by atoms with Crippen LogP contribution in [-0.4, -0.2) is 52.7 Å². The molecule has 1 N–H and O–H groups in total. The standard InChI is InChI=1S/C17H37NO3/c1-5-17(4)7-6-9-19-11-13-21-14-12-20-10-8-18-15-16(2)3/h16-18H,5-15H2,1-4H3. The highest BCUT2D eigenvalue weighted by molar-refractivity contribution is 4.50. The second-order valence-electron chi connectivity index (χ2n) is 6.09. The summed E-state index contributed by atoms with van der Waals surface area (Å²) in [4.78, 5) is 0. The van der Waals surface area contributed by atoms with Crippen LogP contribution >= 0.6 is 0 Å². The molecule has 0 aliphatic rings. The molecule has 0 aromatic rings. The van der Waals surface area contributed by atoms with Gasteiger partial charge in [0.1, 0.15) is 0 Å². The fourth-order valence-corrected chi connectivity index (χ4v) is 1.81. The van der Waals surface area contributed by atoms with E-state index in [0.29, 0.717) is 32.3 Å². The molecule has 4 nitrogen and oxygen atoms in total. The van der Waals surface area contributed by atoms with Gasteiger partial charge in [-0.15, -0.1) is 0 Å². The molecule has 1 unspecified atom stereocenters. The molecule has 0 heterocycles. The van der Waals surface area contributed by atoms with E-state index in [1.165, 1.54) is 12.8 Å². The lowest BCUT2D eigenvalue weighted by Crippen LogP contribution is -2.24. The summed E-state index contributed by atoms with van der Waals surface area (Å²) in [5, 5.41) is 3.34. The van der Waals surface area contributed by atoms with E-state index in [9.17, 15) is 0 Å². The first-order valence-corrected chi connectivity index (χ1v) is 8.60. The Kier molecular flexibility index (Phi) is 16.1. The van der Waals surface area contributed by atoms with Crippen molar-refractivity contribution in [2.45, 2.75) is 47.0 Å². The van der Waals surface area contributed by atoms with Gasteiger partial charge in [0.15, 0.2) is 0 Å². The highest BCUT2D eigenvalue weighted by Gasteiger charge is 1.98. The molecule has 21 heavy (non-hydrogen) atoms. The zero-order valence-electron chi connectivity index (χ0n) is 14.7. The minimum atomic E-state index is 0.653. The number of hydrogen-bond donors (Lipinski definition) is 1. The zero-order chi connectivity index (χ0) is 15.8. The van der Waals surface area contributed by atoms with Gasteiger partial charge in [-0.2, -0.15) is 0 Å². The van der Waals surface area contributed by atoms with E-state index in [1.54, 1.807) is 0 Å². The highest BCUT2D eigenvalue weighted by atomic mass is 16.5. The Morgan fingerprint density at radius 3 is 1.95 bits per heavy atom. The summed E-state index contributed by atoms with van der Waals surface area (Å²) in [5.74, 6) is 1.51. The van der Waals surface area contributed by atoms with E-state index in [4.69, 9.17) is 14.2 Å². The van der Waals surface area contributed by atoms with Crippen LogP contribution in [0.2, 0.25) is 0 Å². The van der Waals surface area contributed by atoms with Crippen molar-refractivity contribution in [2.75, 3.05) is 52.7 Å². The van der Waals surface area contributed by atoms with Crippen LogP contribution in [0.4, 0.5) is 0 Å². The molecule has 0 radical (unpaired) electrons. The quantitative estimate of drug-likeness (QED) is 0.445. The first-order valence-electron chi connectivity index (χ1n) is 8.60. The third-order valence-electron chi connectivity index (χ3n) is 3.40. The molecule has 0 fully saturated rings. The smallest absolute Gasteiger partial charge is 0.0701 e. The number of hydrogen-bond acceptors (Lipinski definition) is 4. The Morgan fingerprint density at radius 2 is 1.38 bits per heavy atom. The Bertz CT molecular complexity index is 200. The Morgan fingerprint density at radius 1 is 0.810 bits per heavy atom. The molecule has 0 aliphatic heterocycles. The average Bonchev–Trinajstić information content (AvgIpc) is 2.46. The summed E-state index contributed by atoms with van der Waals surface area (Å²) in [7, 11) is 0. The molecule has 0 aliphatic carbocycles. The van der Waals surface area contributed by atoms with Crippen LogP contribution in [0.1, 0.15) is 47.0 Å². The number of rotatable bonds is 16. The van der Waals surface area contributed by atoms with Gasteiger partial charge in [-0.3, -0.25) is 0 Å². The van der Waals surface area contributed by atoms with E-state index < -0.39 is 0 Å². The Balaban J connectivity index is 2.99. The summed E-state index contributed by atoms with van der Waals surface area (Å²) in [6.45, 7) is 15.2. The summed E-state index contributed by atoms with van der Waals surface area (Å²) in [6, 6.07) is 0. The van der Waals surface area contributed by atoms with Crippen molar-refractivity contribution >= 4 is 0 Å². The lowest BCUT2D eigenvalue weighted by molar-refractivity contribution is 0.0140. The number of ether oxygens (including phenoxy) is 3. The molecule has 0 saturated carbocycles. The monoisotopic (exact) mass is 303 g/mol. The van der Waals surface area contributed by atoms with Crippen LogP contribution in [0, 0.1) is 11.8 Å². The first kappa shape index (κ1) is 20.8. The molecule has 0 spiro atoms. The highest BCUT2D eigenvalue weighted by Crippen LogP contribution is 2.08. The van der Waals surface area contributed by atoms with Gasteiger partial charge >= 0.3 is 0 Å². The lowest BCUT2D eigenvalue weighted by Gasteiger charge is -2.09. The largest absolute Gasteiger partial charge is 0.379 e. The molecule has 0 aromatic heterocycles. The van der Waals surface area contributed by atoms with Gasteiger partial charge in [0.25, 0.3) is 0 Å². The van der Waals surface area contributed by atoms with Crippen LogP contribution in [0.25, 0.3) is 0 Å². The summed E-state index contributed by atoms with van der Waals surface area (Å²) < 4.78 is 16.5. The van der Waals surface area contributed by atoms with E-state index >= 15 is 0 Å². The van der Waals surface area contributed by atoms with Crippen molar-refractivity contribution in [3.63, 3.8) is 0 Å². The Labute approximate surface area is 131 Å². The fourth-order valence-electron chi connectivity index (χ4n) is 1.81. The predicted molar refractivity (Wildman–Crippen MR) is 88.9 cm³/mol. The van der Waals surface area contributed by atoms with Gasteiger partial charge in [-0.1, -0.05) is 34.1 Å². The molecular weight excluding hydrogens is 266 g/mol. The average molecular weight is 303 g/mol. The fraction of sp³-hybridized carbons (Fsp3) is 1.00. The van der Waals surface area contributed by atoms with Crippen molar-refractivity contribution in [1.29, 1.82) is 0 Å². The van der Waals surface area contributed by atoms with E-state index in [0.717, 1.165) is 38.6 Å². The van der Waals surface area contributed by atoms with Crippen LogP contribution in [0.15, 0.2) is 0 Å². The minimum absolute atomic E-state index is 0.653. The van der Waals surface area contributed by atoms with E-state index in [-0.39, 0.29) is 0 Å². The van der Waals surface area contributed by atoms with Gasteiger partial charge in [-0.05, 0) is 31.2 Å². The van der Waals surface area contributed by atoms with Gasteiger partial charge < -0.3 is 19.5 Å². The number of nitrogens with one attached hydrogen (secondary N) is 1. The normalized spacial score (nSPS) is 13.0. The van der Waals surface area contributed by atoms with Crippen molar-refractivity contribution in [2.24, 2.45) is 11.8 Å². The van der Waals surface area contributed by atoms with Gasteiger partial charge in [-0.25, -0.2) is 0 Å². The van der Waals surface area contributed by atoms with E-state index in [2.05, 4.69) is 33.0 Å². The summed E-state index contributed by atoms with van der Waals surface area (Å²) >= 11 is 0. The van der Waals surface area contributed by atoms with Gasteiger partial charge in [0, 0.05) is 13.2 Å². The van der Waals surface area contributed by atoms with Crippen LogP contribution in [-0.2, 0) is 14.2 Å². The maximum Gasteiger partial charge on any atom is 0.0701 e. The van der Waals surface area contributed by atoms with E-state index in [1.807, 2.05) is 0 Å². The van der Waals surface area contributed by atoms with Crippen LogP contribution in [0.5, 0.6) is 0 Å². The van der Waals surface area contributed by atoms with Gasteiger partial charge in [0.05, 0.1) is 33.0 Å². The zero-order valence-corrected chi connectivity index (χ0v) is 14.7. The second-order valence-corrected chi connectivity index (χ2v) is 6.09. The topological polar surface area (TPSA) is 39.7 Å². The molecule has 0 saturated heterocycles. The lowest BCUT2D eigenvalue weighted by atomic mass is 10.0. The molecule has 0 aromatic carbocycles.